The summed E-state index contributed by atoms with van der Waals surface area (Å²) in [6, 6.07) is 0.796. The predicted molar refractivity (Wildman–Crippen MR) is 70.6 cm³/mol. The van der Waals surface area contributed by atoms with Crippen molar-refractivity contribution in [2.75, 3.05) is 26.2 Å². The van der Waals surface area contributed by atoms with E-state index in [4.69, 9.17) is 4.74 Å². The highest BCUT2D eigenvalue weighted by atomic mass is 16.5. The number of ether oxygens (including phenoxy) is 1. The zero-order valence-electron chi connectivity index (χ0n) is 11.4. The van der Waals surface area contributed by atoms with E-state index in [1.54, 1.807) is 0 Å². The Kier molecular flexibility index (Phi) is 4.83. The molecule has 2 N–H and O–H groups in total. The highest BCUT2D eigenvalue weighted by Gasteiger charge is 2.25. The van der Waals surface area contributed by atoms with E-state index >= 15 is 0 Å². The Morgan fingerprint density at radius 1 is 1.44 bits per heavy atom. The molecule has 0 bridgehead atoms. The van der Waals surface area contributed by atoms with Gasteiger partial charge in [0, 0.05) is 38.3 Å². The summed E-state index contributed by atoms with van der Waals surface area (Å²) < 4.78 is 5.47. The van der Waals surface area contributed by atoms with Crippen LogP contribution in [0.25, 0.3) is 0 Å². The van der Waals surface area contributed by atoms with Gasteiger partial charge in [-0.3, -0.25) is 4.90 Å². The Morgan fingerprint density at radius 2 is 2.28 bits per heavy atom. The smallest absolute Gasteiger partial charge is 0.315 e. The first-order valence-corrected chi connectivity index (χ1v) is 7.05. The maximum Gasteiger partial charge on any atom is 0.315 e. The standard InChI is InChI=1S/C13H25N3O2/c1-10(2)16-6-5-11(9-16)15-13(17)14-8-12-4-3-7-18-12/h10-12H,3-9H2,1-2H3,(H2,14,15,17)/t11-,12+/m0/s1. The third-order valence-corrected chi connectivity index (χ3v) is 3.80. The Bertz CT molecular complexity index is 277. The zero-order valence-corrected chi connectivity index (χ0v) is 11.4. The molecule has 0 aromatic carbocycles. The van der Waals surface area contributed by atoms with Crippen LogP contribution in [0, 0.1) is 0 Å². The molecule has 2 rings (SSSR count). The summed E-state index contributed by atoms with van der Waals surface area (Å²) in [6.07, 6.45) is 3.43. The molecule has 2 aliphatic heterocycles. The third-order valence-electron chi connectivity index (χ3n) is 3.80. The van der Waals surface area contributed by atoms with Crippen molar-refractivity contribution in [2.24, 2.45) is 0 Å². The lowest BCUT2D eigenvalue weighted by atomic mass is 10.2. The van der Waals surface area contributed by atoms with Crippen LogP contribution in [-0.4, -0.2) is 55.4 Å². The fourth-order valence-electron chi connectivity index (χ4n) is 2.62. The second-order valence-electron chi connectivity index (χ2n) is 5.56. The number of rotatable bonds is 4. The fourth-order valence-corrected chi connectivity index (χ4v) is 2.62. The van der Waals surface area contributed by atoms with Crippen molar-refractivity contribution >= 4 is 6.03 Å². The highest BCUT2D eigenvalue weighted by Crippen LogP contribution is 2.12. The molecule has 0 aromatic heterocycles. The van der Waals surface area contributed by atoms with Gasteiger partial charge in [0.05, 0.1) is 6.10 Å². The minimum absolute atomic E-state index is 0.0545. The van der Waals surface area contributed by atoms with Crippen LogP contribution in [0.4, 0.5) is 4.79 Å². The van der Waals surface area contributed by atoms with Gasteiger partial charge in [-0.2, -0.15) is 0 Å². The van der Waals surface area contributed by atoms with Crippen LogP contribution in [0.1, 0.15) is 33.1 Å². The van der Waals surface area contributed by atoms with Crippen LogP contribution >= 0.6 is 0 Å². The Balaban J connectivity index is 1.62. The highest BCUT2D eigenvalue weighted by molar-refractivity contribution is 5.74. The van der Waals surface area contributed by atoms with Gasteiger partial charge in [0.2, 0.25) is 0 Å². The first kappa shape index (κ1) is 13.6. The molecule has 0 unspecified atom stereocenters. The lowest BCUT2D eigenvalue weighted by Gasteiger charge is -2.20. The molecule has 0 spiro atoms. The van der Waals surface area contributed by atoms with Crippen molar-refractivity contribution in [3.05, 3.63) is 0 Å². The molecular formula is C13H25N3O2. The van der Waals surface area contributed by atoms with E-state index in [1.807, 2.05) is 0 Å². The van der Waals surface area contributed by atoms with E-state index in [2.05, 4.69) is 29.4 Å². The normalized spacial score (nSPS) is 28.8. The molecule has 104 valence electrons. The molecular weight excluding hydrogens is 230 g/mol. The van der Waals surface area contributed by atoms with Gasteiger partial charge in [0.1, 0.15) is 0 Å². The lowest BCUT2D eigenvalue weighted by molar-refractivity contribution is 0.111. The molecule has 2 saturated heterocycles. The van der Waals surface area contributed by atoms with Crippen molar-refractivity contribution in [1.29, 1.82) is 0 Å². The minimum Gasteiger partial charge on any atom is -0.376 e. The average molecular weight is 255 g/mol. The summed E-state index contributed by atoms with van der Waals surface area (Å²) in [5.74, 6) is 0. The van der Waals surface area contributed by atoms with Crippen LogP contribution in [0.3, 0.4) is 0 Å². The molecule has 0 saturated carbocycles. The van der Waals surface area contributed by atoms with Gasteiger partial charge in [0.15, 0.2) is 0 Å². The van der Waals surface area contributed by atoms with E-state index in [0.29, 0.717) is 12.6 Å². The third kappa shape index (κ3) is 3.85. The summed E-state index contributed by atoms with van der Waals surface area (Å²) in [6.45, 7) is 7.89. The summed E-state index contributed by atoms with van der Waals surface area (Å²) >= 11 is 0. The van der Waals surface area contributed by atoms with Gasteiger partial charge >= 0.3 is 6.03 Å². The van der Waals surface area contributed by atoms with E-state index in [9.17, 15) is 4.79 Å². The largest absolute Gasteiger partial charge is 0.376 e. The number of urea groups is 1. The van der Waals surface area contributed by atoms with E-state index in [-0.39, 0.29) is 18.2 Å². The fraction of sp³-hybridized carbons (Fsp3) is 0.923. The molecule has 5 nitrogen and oxygen atoms in total. The molecule has 2 amide bonds. The number of carbonyl (C=O) groups excluding carboxylic acids is 1. The number of amides is 2. The minimum atomic E-state index is -0.0545. The molecule has 18 heavy (non-hydrogen) atoms. The van der Waals surface area contributed by atoms with Gasteiger partial charge < -0.3 is 15.4 Å². The quantitative estimate of drug-likeness (QED) is 0.786. The topological polar surface area (TPSA) is 53.6 Å². The Labute approximate surface area is 109 Å². The Hall–Kier alpha value is -0.810. The van der Waals surface area contributed by atoms with Crippen LogP contribution in [0.2, 0.25) is 0 Å². The number of carbonyl (C=O) groups is 1. The summed E-state index contributed by atoms with van der Waals surface area (Å²) in [4.78, 5) is 14.1. The van der Waals surface area contributed by atoms with Crippen molar-refractivity contribution in [3.8, 4) is 0 Å². The van der Waals surface area contributed by atoms with E-state index in [0.717, 1.165) is 39.0 Å². The summed E-state index contributed by atoms with van der Waals surface area (Å²) in [5.41, 5.74) is 0. The monoisotopic (exact) mass is 255 g/mol. The van der Waals surface area contributed by atoms with Gasteiger partial charge in [-0.25, -0.2) is 4.79 Å². The first-order chi connectivity index (χ1) is 8.65. The predicted octanol–water partition coefficient (Wildman–Crippen LogP) is 0.947. The summed E-state index contributed by atoms with van der Waals surface area (Å²) in [7, 11) is 0. The summed E-state index contributed by atoms with van der Waals surface area (Å²) in [5, 5.41) is 5.94. The van der Waals surface area contributed by atoms with Crippen molar-refractivity contribution in [2.45, 2.75) is 51.3 Å². The van der Waals surface area contributed by atoms with E-state index < -0.39 is 0 Å². The second kappa shape index (κ2) is 6.38. The molecule has 0 radical (unpaired) electrons. The van der Waals surface area contributed by atoms with Crippen LogP contribution in [0.15, 0.2) is 0 Å². The van der Waals surface area contributed by atoms with Crippen molar-refractivity contribution in [1.82, 2.24) is 15.5 Å². The molecule has 5 heteroatoms. The molecule has 0 aromatic rings. The maximum atomic E-state index is 11.7. The number of hydrogen-bond acceptors (Lipinski definition) is 3. The van der Waals surface area contributed by atoms with Crippen molar-refractivity contribution < 1.29 is 9.53 Å². The first-order valence-electron chi connectivity index (χ1n) is 7.05. The zero-order chi connectivity index (χ0) is 13.0. The van der Waals surface area contributed by atoms with Crippen LogP contribution in [-0.2, 0) is 4.74 Å². The Morgan fingerprint density at radius 3 is 2.89 bits per heavy atom. The van der Waals surface area contributed by atoms with Gasteiger partial charge in [0.25, 0.3) is 0 Å². The number of likely N-dealkylation sites (tertiary alicyclic amines) is 1. The van der Waals surface area contributed by atoms with E-state index in [1.165, 1.54) is 0 Å². The molecule has 2 atom stereocenters. The maximum absolute atomic E-state index is 11.7. The van der Waals surface area contributed by atoms with Crippen LogP contribution < -0.4 is 10.6 Å². The molecule has 2 fully saturated rings. The number of nitrogens with one attached hydrogen (secondary N) is 2. The van der Waals surface area contributed by atoms with Crippen LogP contribution in [0.5, 0.6) is 0 Å². The van der Waals surface area contributed by atoms with Crippen molar-refractivity contribution in [3.63, 3.8) is 0 Å². The van der Waals surface area contributed by atoms with Gasteiger partial charge in [-0.05, 0) is 33.1 Å². The molecule has 2 heterocycles. The average Bonchev–Trinajstić information content (AvgIpc) is 2.96. The SMILES string of the molecule is CC(C)N1CC[C@H](NC(=O)NC[C@H]2CCCO2)C1. The van der Waals surface area contributed by atoms with Gasteiger partial charge in [-0.15, -0.1) is 0 Å². The second-order valence-corrected chi connectivity index (χ2v) is 5.56. The van der Waals surface area contributed by atoms with Gasteiger partial charge in [-0.1, -0.05) is 0 Å². The number of hydrogen-bond donors (Lipinski definition) is 2. The lowest BCUT2D eigenvalue weighted by Crippen LogP contribution is -2.45. The number of nitrogens with zero attached hydrogens (tertiary/aromatic N) is 1. The molecule has 0 aliphatic carbocycles. The molecule has 2 aliphatic rings.